The van der Waals surface area contributed by atoms with Crippen LogP contribution in [0.15, 0.2) is 0 Å². The molecule has 0 aromatic carbocycles. The number of hydrogen-bond donors (Lipinski definition) is 0. The largest absolute Gasteiger partial charge is 0.417 e. The number of methoxy groups -OCH3 is 2. The molecule has 0 bridgehead atoms. The smallest absolute Gasteiger partial charge is 0.369 e. The van der Waals surface area contributed by atoms with E-state index in [0.29, 0.717) is 14.2 Å². The van der Waals surface area contributed by atoms with Gasteiger partial charge in [-0.15, -0.1) is 0 Å². The van der Waals surface area contributed by atoms with Crippen LogP contribution in [0.5, 0.6) is 0 Å². The minimum absolute atomic E-state index is 0.538. The molecular formula is C6H8F6O2. The average molecular weight is 226 g/mol. The number of ether oxygens (including phenoxy) is 2. The second-order valence-corrected chi connectivity index (χ2v) is 2.40. The van der Waals surface area contributed by atoms with Gasteiger partial charge in [-0.2, -0.15) is 26.3 Å². The minimum atomic E-state index is -5.12. The maximum absolute atomic E-state index is 12.0. The van der Waals surface area contributed by atoms with E-state index in [1.807, 2.05) is 0 Å². The van der Waals surface area contributed by atoms with Crippen molar-refractivity contribution in [2.24, 2.45) is 0 Å². The van der Waals surface area contributed by atoms with Crippen LogP contribution < -0.4 is 0 Å². The molecule has 8 heteroatoms. The van der Waals surface area contributed by atoms with Gasteiger partial charge in [-0.1, -0.05) is 0 Å². The first-order chi connectivity index (χ1) is 6.14. The first kappa shape index (κ1) is 13.5. The molecule has 0 N–H and O–H groups in total. The van der Waals surface area contributed by atoms with Crippen LogP contribution in [0.3, 0.4) is 0 Å². The maximum atomic E-state index is 12.0. The molecule has 0 saturated heterocycles. The highest BCUT2D eigenvalue weighted by molar-refractivity contribution is 4.83. The Labute approximate surface area is 75.8 Å². The third-order valence-corrected chi connectivity index (χ3v) is 1.43. The normalized spacial score (nSPS) is 18.0. The lowest BCUT2D eigenvalue weighted by molar-refractivity contribution is -0.304. The summed E-state index contributed by atoms with van der Waals surface area (Å²) in [6.07, 6.45) is -16.3. The summed E-state index contributed by atoms with van der Waals surface area (Å²) in [7, 11) is 1.08. The van der Waals surface area contributed by atoms with Gasteiger partial charge in [-0.3, -0.25) is 0 Å². The summed E-state index contributed by atoms with van der Waals surface area (Å²) >= 11 is 0. The van der Waals surface area contributed by atoms with Crippen LogP contribution in [0.4, 0.5) is 26.3 Å². The molecule has 0 fully saturated rings. The lowest BCUT2D eigenvalue weighted by Crippen LogP contribution is -2.50. The summed E-state index contributed by atoms with van der Waals surface area (Å²) in [5.74, 6) is 0. The lowest BCUT2D eigenvalue weighted by atomic mass is 10.2. The van der Waals surface area contributed by atoms with E-state index in [1.54, 1.807) is 0 Å². The van der Waals surface area contributed by atoms with Crippen LogP contribution in [0.1, 0.15) is 0 Å². The Morgan fingerprint density at radius 3 is 1.00 bits per heavy atom. The molecule has 0 radical (unpaired) electrons. The molecule has 0 aliphatic carbocycles. The second-order valence-electron chi connectivity index (χ2n) is 2.40. The highest BCUT2D eigenvalue weighted by Gasteiger charge is 2.56. The molecule has 14 heavy (non-hydrogen) atoms. The third-order valence-electron chi connectivity index (χ3n) is 1.43. The van der Waals surface area contributed by atoms with Crippen molar-refractivity contribution in [3.63, 3.8) is 0 Å². The molecule has 0 rings (SSSR count). The van der Waals surface area contributed by atoms with Gasteiger partial charge in [0, 0.05) is 14.2 Å². The van der Waals surface area contributed by atoms with Crippen LogP contribution in [0, 0.1) is 0 Å². The second kappa shape index (κ2) is 4.35. The Morgan fingerprint density at radius 1 is 0.714 bits per heavy atom. The van der Waals surface area contributed by atoms with Crippen molar-refractivity contribution in [3.8, 4) is 0 Å². The van der Waals surface area contributed by atoms with E-state index < -0.39 is 24.6 Å². The van der Waals surface area contributed by atoms with Crippen LogP contribution in [-0.2, 0) is 9.47 Å². The Hall–Kier alpha value is -0.500. The number of alkyl halides is 6. The van der Waals surface area contributed by atoms with Crippen molar-refractivity contribution in [2.75, 3.05) is 14.2 Å². The number of halogens is 6. The molecule has 0 aliphatic rings. The van der Waals surface area contributed by atoms with Gasteiger partial charge in [-0.05, 0) is 0 Å². The van der Waals surface area contributed by atoms with Crippen molar-refractivity contribution in [1.29, 1.82) is 0 Å². The zero-order valence-electron chi connectivity index (χ0n) is 7.24. The van der Waals surface area contributed by atoms with Gasteiger partial charge in [0.05, 0.1) is 0 Å². The van der Waals surface area contributed by atoms with E-state index in [-0.39, 0.29) is 0 Å². The molecule has 0 heterocycles. The molecule has 2 atom stereocenters. The fourth-order valence-electron chi connectivity index (χ4n) is 0.858. The first-order valence-corrected chi connectivity index (χ1v) is 3.33. The fourth-order valence-corrected chi connectivity index (χ4v) is 0.858. The number of hydrogen-bond acceptors (Lipinski definition) is 2. The minimum Gasteiger partial charge on any atom is -0.369 e. The predicted octanol–water partition coefficient (Wildman–Crippen LogP) is 2.14. The van der Waals surface area contributed by atoms with Crippen molar-refractivity contribution in [2.45, 2.75) is 24.6 Å². The third kappa shape index (κ3) is 3.33. The monoisotopic (exact) mass is 226 g/mol. The van der Waals surface area contributed by atoms with E-state index in [4.69, 9.17) is 0 Å². The molecular weight excluding hydrogens is 218 g/mol. The Morgan fingerprint density at radius 2 is 0.929 bits per heavy atom. The van der Waals surface area contributed by atoms with Gasteiger partial charge in [-0.25, -0.2) is 0 Å². The molecule has 0 aromatic rings. The Kier molecular flexibility index (Phi) is 4.19. The van der Waals surface area contributed by atoms with Crippen LogP contribution in [0.25, 0.3) is 0 Å². The summed E-state index contributed by atoms with van der Waals surface area (Å²) in [4.78, 5) is 0. The van der Waals surface area contributed by atoms with E-state index in [2.05, 4.69) is 9.47 Å². The molecule has 86 valence electrons. The van der Waals surface area contributed by atoms with Crippen molar-refractivity contribution < 1.29 is 35.8 Å². The molecule has 0 spiro atoms. The molecule has 2 nitrogen and oxygen atoms in total. The number of rotatable bonds is 3. The molecule has 0 aliphatic heterocycles. The lowest BCUT2D eigenvalue weighted by Gasteiger charge is -2.28. The van der Waals surface area contributed by atoms with Gasteiger partial charge < -0.3 is 9.47 Å². The maximum Gasteiger partial charge on any atom is 0.417 e. The first-order valence-electron chi connectivity index (χ1n) is 3.33. The Bertz CT molecular complexity index is 154. The quantitative estimate of drug-likeness (QED) is 0.686. The van der Waals surface area contributed by atoms with E-state index in [9.17, 15) is 26.3 Å². The van der Waals surface area contributed by atoms with E-state index in [0.717, 1.165) is 0 Å². The fraction of sp³-hybridized carbons (Fsp3) is 1.00. The van der Waals surface area contributed by atoms with Crippen molar-refractivity contribution >= 4 is 0 Å². The molecule has 2 unspecified atom stereocenters. The van der Waals surface area contributed by atoms with Crippen molar-refractivity contribution in [3.05, 3.63) is 0 Å². The zero-order chi connectivity index (χ0) is 11.6. The SMILES string of the molecule is COC(C(OC)C(F)(F)F)C(F)(F)F. The summed E-state index contributed by atoms with van der Waals surface area (Å²) < 4.78 is 79.3. The summed E-state index contributed by atoms with van der Waals surface area (Å²) in [5.41, 5.74) is 0. The van der Waals surface area contributed by atoms with Gasteiger partial charge >= 0.3 is 12.4 Å². The standard InChI is InChI=1S/C6H8F6O2/c1-13-3(5(7,8)9)4(14-2)6(10,11)12/h3-4H,1-2H3. The topological polar surface area (TPSA) is 18.5 Å². The molecule has 0 aromatic heterocycles. The van der Waals surface area contributed by atoms with Crippen LogP contribution in [0.2, 0.25) is 0 Å². The highest BCUT2D eigenvalue weighted by Crippen LogP contribution is 2.34. The van der Waals surface area contributed by atoms with Gasteiger partial charge in [0.25, 0.3) is 0 Å². The van der Waals surface area contributed by atoms with Crippen LogP contribution in [-0.4, -0.2) is 38.8 Å². The average Bonchev–Trinajstić information content (AvgIpc) is 1.94. The summed E-state index contributed by atoms with van der Waals surface area (Å²) in [6.45, 7) is 0. The zero-order valence-corrected chi connectivity index (χ0v) is 7.24. The Balaban J connectivity index is 4.81. The van der Waals surface area contributed by atoms with Crippen molar-refractivity contribution in [1.82, 2.24) is 0 Å². The molecule has 0 saturated carbocycles. The predicted molar refractivity (Wildman–Crippen MR) is 33.7 cm³/mol. The van der Waals surface area contributed by atoms with Crippen LogP contribution >= 0.6 is 0 Å². The summed E-state index contributed by atoms with van der Waals surface area (Å²) in [6, 6.07) is 0. The van der Waals surface area contributed by atoms with E-state index >= 15 is 0 Å². The van der Waals surface area contributed by atoms with E-state index in [1.165, 1.54) is 0 Å². The van der Waals surface area contributed by atoms with Gasteiger partial charge in [0.15, 0.2) is 12.2 Å². The van der Waals surface area contributed by atoms with Gasteiger partial charge in [0.2, 0.25) is 0 Å². The van der Waals surface area contributed by atoms with Gasteiger partial charge in [0.1, 0.15) is 0 Å². The molecule has 0 amide bonds. The highest BCUT2D eigenvalue weighted by atomic mass is 19.4. The summed E-state index contributed by atoms with van der Waals surface area (Å²) in [5, 5.41) is 0.